The maximum atomic E-state index is 12.6. The number of fused-ring (bicyclic) bond motifs is 1. The van der Waals surface area contributed by atoms with Crippen LogP contribution in [0.5, 0.6) is 0 Å². The summed E-state index contributed by atoms with van der Waals surface area (Å²) in [6, 6.07) is 7.17. The molecule has 0 bridgehead atoms. The Labute approximate surface area is 169 Å². The fourth-order valence-electron chi connectivity index (χ4n) is 2.60. The highest BCUT2D eigenvalue weighted by atomic mass is 16.6. The van der Waals surface area contributed by atoms with E-state index in [1.165, 1.54) is 18.2 Å². The molecule has 1 amide bonds. The number of nitroso groups, excluding NO2 is 1. The molecule has 11 heteroatoms. The Morgan fingerprint density at radius 2 is 1.97 bits per heavy atom. The van der Waals surface area contributed by atoms with Crippen LogP contribution in [-0.2, 0) is 9.47 Å². The highest BCUT2D eigenvalue weighted by Crippen LogP contribution is 2.29. The molecule has 0 unspecified atom stereocenters. The fourth-order valence-corrected chi connectivity index (χ4v) is 2.60. The Morgan fingerprint density at radius 3 is 2.67 bits per heavy atom. The summed E-state index contributed by atoms with van der Waals surface area (Å²) in [6.45, 7) is 3.74. The van der Waals surface area contributed by atoms with Crippen LogP contribution in [-0.4, -0.2) is 41.0 Å². The quantitative estimate of drug-likeness (QED) is 0.454. The molecular formula is C19H18N4O7. The van der Waals surface area contributed by atoms with Crippen molar-refractivity contribution in [1.82, 2.24) is 9.78 Å². The minimum Gasteiger partial charge on any atom is -0.460 e. The highest BCUT2D eigenvalue weighted by Gasteiger charge is 2.26. The van der Waals surface area contributed by atoms with Gasteiger partial charge >= 0.3 is 12.1 Å². The van der Waals surface area contributed by atoms with E-state index >= 15 is 0 Å². The summed E-state index contributed by atoms with van der Waals surface area (Å²) < 4.78 is 16.3. The molecule has 0 spiro atoms. The second-order valence-electron chi connectivity index (χ2n) is 5.98. The molecule has 2 aromatic heterocycles. The average molecular weight is 414 g/mol. The van der Waals surface area contributed by atoms with Crippen LogP contribution in [0.2, 0.25) is 0 Å². The molecule has 0 aliphatic carbocycles. The molecule has 0 radical (unpaired) electrons. The molecular weight excluding hydrogens is 396 g/mol. The zero-order valence-corrected chi connectivity index (χ0v) is 16.2. The van der Waals surface area contributed by atoms with E-state index in [1.807, 2.05) is 6.92 Å². The van der Waals surface area contributed by atoms with Gasteiger partial charge in [-0.3, -0.25) is 4.79 Å². The molecule has 1 N–H and O–H groups in total. The van der Waals surface area contributed by atoms with E-state index < -0.39 is 18.0 Å². The number of aromatic nitrogens is 2. The minimum absolute atomic E-state index is 0.000435. The van der Waals surface area contributed by atoms with Crippen LogP contribution in [0.1, 0.15) is 41.2 Å². The number of ether oxygens (including phenoxy) is 2. The van der Waals surface area contributed by atoms with Gasteiger partial charge in [-0.1, -0.05) is 19.1 Å². The van der Waals surface area contributed by atoms with Gasteiger partial charge < -0.3 is 19.2 Å². The van der Waals surface area contributed by atoms with Gasteiger partial charge in [0.1, 0.15) is 11.2 Å². The second-order valence-corrected chi connectivity index (χ2v) is 5.98. The molecule has 0 aliphatic heterocycles. The molecule has 0 atom stereocenters. The van der Waals surface area contributed by atoms with Gasteiger partial charge in [-0.15, -0.1) is 10.0 Å². The third-order valence-corrected chi connectivity index (χ3v) is 3.91. The number of furan rings is 1. The summed E-state index contributed by atoms with van der Waals surface area (Å²) in [4.78, 5) is 47.9. The number of esters is 1. The van der Waals surface area contributed by atoms with Gasteiger partial charge in [-0.05, 0) is 30.7 Å². The van der Waals surface area contributed by atoms with Gasteiger partial charge in [-0.25, -0.2) is 9.59 Å². The van der Waals surface area contributed by atoms with Crippen molar-refractivity contribution in [2.45, 2.75) is 20.3 Å². The molecule has 11 nitrogen and oxygen atoms in total. The van der Waals surface area contributed by atoms with Gasteiger partial charge in [0.15, 0.2) is 11.4 Å². The lowest BCUT2D eigenvalue weighted by molar-refractivity contribution is 0.0471. The number of amides is 1. The molecule has 1 aromatic carbocycles. The van der Waals surface area contributed by atoms with Gasteiger partial charge in [0, 0.05) is 6.07 Å². The van der Waals surface area contributed by atoms with Gasteiger partial charge in [-0.2, -0.15) is 4.68 Å². The number of carbonyl (C=O) groups is 3. The Kier molecular flexibility index (Phi) is 6.20. The Hall–Kier alpha value is -4.02. The van der Waals surface area contributed by atoms with E-state index in [2.05, 4.69) is 15.6 Å². The number of carbonyl (C=O) groups excluding carboxylic acids is 3. The summed E-state index contributed by atoms with van der Waals surface area (Å²) in [5.41, 5.74) is 0.00482. The van der Waals surface area contributed by atoms with Crippen molar-refractivity contribution in [3.05, 3.63) is 46.6 Å². The largest absolute Gasteiger partial charge is 0.460 e. The van der Waals surface area contributed by atoms with Crippen LogP contribution in [0, 0.1) is 4.91 Å². The third-order valence-electron chi connectivity index (χ3n) is 3.91. The maximum absolute atomic E-state index is 12.6. The standard InChI is InChI=1S/C19H18N4O7/c1-3-9-29-18(25)14-10-13-15(30-14)16(21-23(13)19(26)28-4-2)20-17(24)11-7-5-6-8-12(11)22-27/h5-8,10H,3-4,9H2,1-2H3,(H,20,21,24). The third kappa shape index (κ3) is 4.04. The van der Waals surface area contributed by atoms with Gasteiger partial charge in [0.25, 0.3) is 5.91 Å². The van der Waals surface area contributed by atoms with E-state index in [1.54, 1.807) is 19.1 Å². The predicted octanol–water partition coefficient (Wildman–Crippen LogP) is 3.85. The van der Waals surface area contributed by atoms with Crippen LogP contribution in [0.25, 0.3) is 11.1 Å². The van der Waals surface area contributed by atoms with Crippen molar-refractivity contribution in [3.8, 4) is 0 Å². The fraction of sp³-hybridized carbons (Fsp3) is 0.263. The number of rotatable bonds is 7. The summed E-state index contributed by atoms with van der Waals surface area (Å²) in [5.74, 6) is -1.74. The lowest BCUT2D eigenvalue weighted by Gasteiger charge is -2.04. The molecule has 0 fully saturated rings. The molecule has 2 heterocycles. The molecule has 156 valence electrons. The van der Waals surface area contributed by atoms with E-state index in [4.69, 9.17) is 13.9 Å². The lowest BCUT2D eigenvalue weighted by atomic mass is 10.1. The first kappa shape index (κ1) is 20.7. The Bertz CT molecular complexity index is 1120. The maximum Gasteiger partial charge on any atom is 0.435 e. The summed E-state index contributed by atoms with van der Waals surface area (Å²) in [6.07, 6.45) is -0.208. The second kappa shape index (κ2) is 8.99. The number of hydrogen-bond donors (Lipinski definition) is 1. The molecule has 30 heavy (non-hydrogen) atoms. The Balaban J connectivity index is 2.01. The van der Waals surface area contributed by atoms with Crippen LogP contribution in [0.3, 0.4) is 0 Å². The molecule has 0 saturated carbocycles. The van der Waals surface area contributed by atoms with Crippen LogP contribution < -0.4 is 5.32 Å². The smallest absolute Gasteiger partial charge is 0.435 e. The number of nitrogens with one attached hydrogen (secondary N) is 1. The Morgan fingerprint density at radius 1 is 1.20 bits per heavy atom. The number of benzene rings is 1. The first-order valence-electron chi connectivity index (χ1n) is 9.10. The number of hydrogen-bond acceptors (Lipinski definition) is 9. The monoisotopic (exact) mass is 414 g/mol. The first-order chi connectivity index (χ1) is 14.5. The van der Waals surface area contributed by atoms with Crippen molar-refractivity contribution in [3.63, 3.8) is 0 Å². The predicted molar refractivity (Wildman–Crippen MR) is 105 cm³/mol. The summed E-state index contributed by atoms with van der Waals surface area (Å²) in [5, 5.41) is 9.29. The van der Waals surface area contributed by atoms with E-state index in [9.17, 15) is 19.3 Å². The zero-order chi connectivity index (χ0) is 21.7. The summed E-state index contributed by atoms with van der Waals surface area (Å²) >= 11 is 0. The van der Waals surface area contributed by atoms with Crippen molar-refractivity contribution >= 4 is 40.6 Å². The van der Waals surface area contributed by atoms with E-state index in [0.717, 1.165) is 4.68 Å². The zero-order valence-electron chi connectivity index (χ0n) is 16.2. The minimum atomic E-state index is -0.827. The molecule has 0 saturated heterocycles. The van der Waals surface area contributed by atoms with E-state index in [0.29, 0.717) is 6.42 Å². The van der Waals surface area contributed by atoms with E-state index in [-0.39, 0.29) is 47.1 Å². The molecule has 3 rings (SSSR count). The summed E-state index contributed by atoms with van der Waals surface area (Å²) in [7, 11) is 0. The van der Waals surface area contributed by atoms with Crippen molar-refractivity contribution in [1.29, 1.82) is 0 Å². The lowest BCUT2D eigenvalue weighted by Crippen LogP contribution is -2.17. The molecule has 3 aromatic rings. The SMILES string of the molecule is CCCOC(=O)c1cc2c(o1)c(NC(=O)c1ccccc1N=O)nn2C(=O)OCC. The first-order valence-corrected chi connectivity index (χ1v) is 9.10. The van der Waals surface area contributed by atoms with Gasteiger partial charge in [0.05, 0.1) is 18.8 Å². The van der Waals surface area contributed by atoms with Crippen molar-refractivity contribution < 1.29 is 28.3 Å². The number of anilines is 1. The van der Waals surface area contributed by atoms with Crippen molar-refractivity contribution in [2.75, 3.05) is 18.5 Å². The normalized spacial score (nSPS) is 10.6. The van der Waals surface area contributed by atoms with Gasteiger partial charge in [0.2, 0.25) is 5.76 Å². The van der Waals surface area contributed by atoms with Crippen LogP contribution in [0.15, 0.2) is 39.9 Å². The highest BCUT2D eigenvalue weighted by molar-refractivity contribution is 6.10. The van der Waals surface area contributed by atoms with Crippen molar-refractivity contribution in [2.24, 2.45) is 5.18 Å². The van der Waals surface area contributed by atoms with Crippen LogP contribution in [0.4, 0.5) is 16.3 Å². The van der Waals surface area contributed by atoms with Crippen LogP contribution >= 0.6 is 0 Å². The average Bonchev–Trinajstić information content (AvgIpc) is 3.32. The molecule has 0 aliphatic rings. The number of nitrogens with zero attached hydrogens (tertiary/aromatic N) is 3. The topological polar surface area (TPSA) is 142 Å².